The van der Waals surface area contributed by atoms with Crippen molar-refractivity contribution in [3.8, 4) is 0 Å². The Morgan fingerprint density at radius 3 is 2.27 bits per heavy atom. The van der Waals surface area contributed by atoms with E-state index in [1.54, 1.807) is 34.7 Å². The number of hydrogen-bond acceptors (Lipinski definition) is 4. The van der Waals surface area contributed by atoms with Crippen molar-refractivity contribution in [3.05, 3.63) is 76.1 Å². The summed E-state index contributed by atoms with van der Waals surface area (Å²) in [6, 6.07) is 10.1. The second kappa shape index (κ2) is 9.29. The van der Waals surface area contributed by atoms with E-state index in [9.17, 15) is 31.2 Å². The predicted octanol–water partition coefficient (Wildman–Crippen LogP) is 4.02. The van der Waals surface area contributed by atoms with Gasteiger partial charge in [0.1, 0.15) is 5.56 Å². The number of alkyl halides is 3. The third-order valence-electron chi connectivity index (χ3n) is 7.08. The van der Waals surface area contributed by atoms with Crippen LogP contribution < -0.4 is 5.43 Å². The summed E-state index contributed by atoms with van der Waals surface area (Å²) < 4.78 is 69.6. The summed E-state index contributed by atoms with van der Waals surface area (Å²) >= 11 is 0. The summed E-state index contributed by atoms with van der Waals surface area (Å²) in [6.07, 6.45) is -1.19. The van der Waals surface area contributed by atoms with Gasteiger partial charge >= 0.3 is 6.18 Å². The average Bonchev–Trinajstić information content (AvgIpc) is 3.71. The zero-order valence-electron chi connectivity index (χ0n) is 20.1. The standard InChI is InChI=1S/C26H26F3N3O4S/c1-30-16-22(24(33)21-7-2-3-8-23(21)30)25(34)31-13-11-19(12-14-31)32(18-9-10-18)37(35,36)20-6-4-5-17(15-20)26(27,28)29/h2-8,15-16,18-19H,9-14H2,1H3. The zero-order valence-corrected chi connectivity index (χ0v) is 20.9. The van der Waals surface area contributed by atoms with Gasteiger partial charge in [-0.15, -0.1) is 0 Å². The molecular formula is C26H26F3N3O4S. The number of halogens is 3. The highest BCUT2D eigenvalue weighted by molar-refractivity contribution is 7.89. The molecule has 0 radical (unpaired) electrons. The molecule has 0 bridgehead atoms. The number of benzene rings is 2. The van der Waals surface area contributed by atoms with E-state index in [1.165, 1.54) is 16.6 Å². The number of aromatic nitrogens is 1. The Morgan fingerprint density at radius 2 is 1.62 bits per heavy atom. The van der Waals surface area contributed by atoms with Gasteiger partial charge in [0.2, 0.25) is 15.5 Å². The minimum atomic E-state index is -4.65. The highest BCUT2D eigenvalue weighted by atomic mass is 32.2. The van der Waals surface area contributed by atoms with E-state index >= 15 is 0 Å². The molecule has 0 atom stereocenters. The fraction of sp³-hybridized carbons (Fsp3) is 0.385. The molecule has 1 saturated carbocycles. The Balaban J connectivity index is 1.36. The highest BCUT2D eigenvalue weighted by Gasteiger charge is 2.44. The van der Waals surface area contributed by atoms with Gasteiger partial charge in [0.05, 0.1) is 16.0 Å². The number of para-hydroxylation sites is 1. The first-order chi connectivity index (χ1) is 17.5. The number of aryl methyl sites for hydroxylation is 1. The topological polar surface area (TPSA) is 79.7 Å². The summed E-state index contributed by atoms with van der Waals surface area (Å²) in [7, 11) is -2.41. The van der Waals surface area contributed by atoms with Crippen LogP contribution in [0.1, 0.15) is 41.6 Å². The van der Waals surface area contributed by atoms with Crippen molar-refractivity contribution >= 4 is 26.8 Å². The van der Waals surface area contributed by atoms with Gasteiger partial charge in [-0.1, -0.05) is 18.2 Å². The smallest absolute Gasteiger partial charge is 0.350 e. The highest BCUT2D eigenvalue weighted by Crippen LogP contribution is 2.38. The summed E-state index contributed by atoms with van der Waals surface area (Å²) in [5.41, 5.74) is -0.604. The summed E-state index contributed by atoms with van der Waals surface area (Å²) in [5, 5.41) is 0.442. The number of sulfonamides is 1. The lowest BCUT2D eigenvalue weighted by molar-refractivity contribution is -0.137. The maximum Gasteiger partial charge on any atom is 0.416 e. The van der Waals surface area contributed by atoms with Crippen molar-refractivity contribution < 1.29 is 26.4 Å². The van der Waals surface area contributed by atoms with Crippen LogP contribution in [0.5, 0.6) is 0 Å². The molecule has 7 nitrogen and oxygen atoms in total. The lowest BCUT2D eigenvalue weighted by Gasteiger charge is -2.38. The first-order valence-electron chi connectivity index (χ1n) is 12.1. The van der Waals surface area contributed by atoms with Gasteiger partial charge in [0.15, 0.2) is 0 Å². The number of likely N-dealkylation sites (tertiary alicyclic amines) is 1. The number of rotatable bonds is 5. The van der Waals surface area contributed by atoms with Crippen LogP contribution in [0, 0.1) is 0 Å². The molecule has 1 amide bonds. The van der Waals surface area contributed by atoms with Gasteiger partial charge < -0.3 is 9.47 Å². The van der Waals surface area contributed by atoms with Crippen molar-refractivity contribution in [3.63, 3.8) is 0 Å². The van der Waals surface area contributed by atoms with Crippen LogP contribution in [0.25, 0.3) is 10.9 Å². The lowest BCUT2D eigenvalue weighted by atomic mass is 10.0. The molecule has 5 rings (SSSR count). The Kier molecular flexibility index (Phi) is 6.39. The normalized spacial score (nSPS) is 17.5. The van der Waals surface area contributed by atoms with Crippen LogP contribution >= 0.6 is 0 Å². The van der Waals surface area contributed by atoms with Crippen molar-refractivity contribution in [1.82, 2.24) is 13.8 Å². The van der Waals surface area contributed by atoms with Crippen molar-refractivity contribution in [1.29, 1.82) is 0 Å². The van der Waals surface area contributed by atoms with E-state index in [2.05, 4.69) is 0 Å². The molecule has 11 heteroatoms. The van der Waals surface area contributed by atoms with E-state index in [1.807, 2.05) is 6.07 Å². The van der Waals surface area contributed by atoms with Gasteiger partial charge in [-0.3, -0.25) is 9.59 Å². The summed E-state index contributed by atoms with van der Waals surface area (Å²) in [4.78, 5) is 27.4. The average molecular weight is 534 g/mol. The predicted molar refractivity (Wildman–Crippen MR) is 132 cm³/mol. The first kappa shape index (κ1) is 25.5. The fourth-order valence-corrected chi connectivity index (χ4v) is 7.04. The van der Waals surface area contributed by atoms with Gasteiger partial charge in [-0.2, -0.15) is 17.5 Å². The number of fused-ring (bicyclic) bond motifs is 1. The number of pyridine rings is 1. The maximum absolute atomic E-state index is 13.5. The van der Waals surface area contributed by atoms with Crippen molar-refractivity contribution in [2.45, 2.75) is 48.8 Å². The number of piperidine rings is 1. The van der Waals surface area contributed by atoms with Gasteiger partial charge in [-0.05, 0) is 56.0 Å². The maximum atomic E-state index is 13.5. The molecule has 2 aromatic carbocycles. The molecule has 37 heavy (non-hydrogen) atoms. The molecule has 2 heterocycles. The number of amides is 1. The lowest BCUT2D eigenvalue weighted by Crippen LogP contribution is -2.50. The molecule has 3 aromatic rings. The zero-order chi connectivity index (χ0) is 26.5. The minimum absolute atomic E-state index is 0.0512. The summed E-state index contributed by atoms with van der Waals surface area (Å²) in [6.45, 7) is 0.474. The molecule has 1 aromatic heterocycles. The van der Waals surface area contributed by atoms with Crippen LogP contribution in [0.3, 0.4) is 0 Å². The molecule has 0 unspecified atom stereocenters. The largest absolute Gasteiger partial charge is 0.416 e. The SMILES string of the molecule is Cn1cc(C(=O)N2CCC(N(C3CC3)S(=O)(=O)c3cccc(C(F)(F)F)c3)CC2)c(=O)c2ccccc21. The van der Waals surface area contributed by atoms with E-state index < -0.39 is 33.7 Å². The number of carbonyl (C=O) groups is 1. The first-order valence-corrected chi connectivity index (χ1v) is 13.5. The third-order valence-corrected chi connectivity index (χ3v) is 9.08. The second-order valence-electron chi connectivity index (χ2n) is 9.62. The van der Waals surface area contributed by atoms with Crippen LogP contribution in [0.4, 0.5) is 13.2 Å². The molecule has 1 aliphatic heterocycles. The van der Waals surface area contributed by atoms with E-state index in [-0.39, 0.29) is 35.0 Å². The Bertz CT molecular complexity index is 1520. The second-order valence-corrected chi connectivity index (χ2v) is 11.5. The van der Waals surface area contributed by atoms with Crippen LogP contribution in [0.15, 0.2) is 64.4 Å². The van der Waals surface area contributed by atoms with E-state index in [0.29, 0.717) is 42.7 Å². The number of hydrogen-bond donors (Lipinski definition) is 0. The molecule has 0 spiro atoms. The van der Waals surface area contributed by atoms with Gasteiger partial charge in [0, 0.05) is 43.8 Å². The van der Waals surface area contributed by atoms with Crippen LogP contribution in [0.2, 0.25) is 0 Å². The van der Waals surface area contributed by atoms with E-state index in [4.69, 9.17) is 0 Å². The van der Waals surface area contributed by atoms with Crippen LogP contribution in [-0.2, 0) is 23.2 Å². The quantitative estimate of drug-likeness (QED) is 0.497. The summed E-state index contributed by atoms with van der Waals surface area (Å²) in [5.74, 6) is -0.413. The molecule has 2 fully saturated rings. The molecule has 196 valence electrons. The van der Waals surface area contributed by atoms with Crippen molar-refractivity contribution in [2.24, 2.45) is 7.05 Å². The molecule has 1 saturated heterocycles. The minimum Gasteiger partial charge on any atom is -0.350 e. The molecular weight excluding hydrogens is 507 g/mol. The molecule has 2 aliphatic rings. The van der Waals surface area contributed by atoms with Gasteiger partial charge in [0.25, 0.3) is 5.91 Å². The number of nitrogens with zero attached hydrogens (tertiary/aromatic N) is 3. The molecule has 1 aliphatic carbocycles. The van der Waals surface area contributed by atoms with Gasteiger partial charge in [-0.25, -0.2) is 8.42 Å². The van der Waals surface area contributed by atoms with Crippen LogP contribution in [-0.4, -0.2) is 53.3 Å². The Hall–Kier alpha value is -3.18. The fourth-order valence-electron chi connectivity index (χ4n) is 5.06. The number of carbonyl (C=O) groups excluding carboxylic acids is 1. The van der Waals surface area contributed by atoms with E-state index in [0.717, 1.165) is 12.1 Å². The van der Waals surface area contributed by atoms with Crippen molar-refractivity contribution in [2.75, 3.05) is 13.1 Å². The Labute approximate surface area is 212 Å². The molecule has 0 N–H and O–H groups in total. The monoisotopic (exact) mass is 533 g/mol. The third kappa shape index (κ3) is 4.77. The Morgan fingerprint density at radius 1 is 0.973 bits per heavy atom.